The molecule has 0 aliphatic rings. The van der Waals surface area contributed by atoms with Crippen LogP contribution in [-0.4, -0.2) is 5.11 Å². The maximum Gasteiger partial charge on any atom is 0.152 e. The van der Waals surface area contributed by atoms with Crippen LogP contribution < -0.4 is 0 Å². The predicted molar refractivity (Wildman–Crippen MR) is 58.7 cm³/mol. The largest absolute Gasteiger partial charge is 0.505 e. The van der Waals surface area contributed by atoms with Crippen LogP contribution in [0.5, 0.6) is 5.75 Å². The van der Waals surface area contributed by atoms with Crippen LogP contribution in [0, 0.1) is 0 Å². The van der Waals surface area contributed by atoms with E-state index in [-0.39, 0.29) is 19.5 Å². The summed E-state index contributed by atoms with van der Waals surface area (Å²) in [7, 11) is 0. The van der Waals surface area contributed by atoms with Crippen LogP contribution in [0.15, 0.2) is 12.1 Å². The van der Waals surface area contributed by atoms with Gasteiger partial charge in [-0.15, -0.1) is 0 Å². The normalized spacial score (nSPS) is 10.8. The molecule has 0 bridgehead atoms. The number of hydrogen-bond acceptors (Lipinski definition) is 1. The molecule has 1 rings (SSSR count). The summed E-state index contributed by atoms with van der Waals surface area (Å²) in [5.74, 6) is -0.0808. The van der Waals surface area contributed by atoms with Gasteiger partial charge in [0.05, 0.1) is 13.8 Å². The van der Waals surface area contributed by atoms with Gasteiger partial charge in [0.1, 0.15) is 0 Å². The van der Waals surface area contributed by atoms with Crippen molar-refractivity contribution in [2.75, 3.05) is 0 Å². The summed E-state index contributed by atoms with van der Waals surface area (Å²) < 4.78 is -0.0133. The van der Waals surface area contributed by atoms with Crippen LogP contribution in [0.4, 0.5) is 0 Å². The van der Waals surface area contributed by atoms with Crippen LogP contribution >= 0.6 is 55.1 Å². The molecule has 12 heavy (non-hydrogen) atoms. The first-order valence-corrected chi connectivity index (χ1v) is 5.57. The third kappa shape index (κ3) is 2.28. The average molecular weight is 335 g/mol. The minimum absolute atomic E-state index is 0.0133. The molecule has 0 aliphatic carbocycles. The molecule has 0 aromatic heterocycles. The van der Waals surface area contributed by atoms with E-state index >= 15 is 0 Å². The van der Waals surface area contributed by atoms with Gasteiger partial charge < -0.3 is 5.11 Å². The van der Waals surface area contributed by atoms with Crippen LogP contribution in [0.1, 0.15) is 9.30 Å². The van der Waals surface area contributed by atoms with E-state index in [1.807, 2.05) is 0 Å². The first kappa shape index (κ1) is 10.6. The second kappa shape index (κ2) is 4.18. The molecule has 0 fully saturated rings. The molecule has 0 amide bonds. The van der Waals surface area contributed by atoms with E-state index in [1.165, 1.54) is 0 Å². The third-order valence-electron chi connectivity index (χ3n) is 1.29. The van der Waals surface area contributed by atoms with Gasteiger partial charge in [-0.1, -0.05) is 55.1 Å². The van der Waals surface area contributed by atoms with E-state index in [2.05, 4.69) is 31.9 Å². The van der Waals surface area contributed by atoms with Crippen LogP contribution in [0.25, 0.3) is 0 Å². The Kier molecular flexibility index (Phi) is 3.71. The topological polar surface area (TPSA) is 20.2 Å². The molecule has 5 heteroatoms. The first-order chi connectivity index (χ1) is 5.52. The maximum absolute atomic E-state index is 9.22. The molecule has 0 saturated heterocycles. The molecule has 0 saturated carbocycles. The van der Waals surface area contributed by atoms with Crippen molar-refractivity contribution < 1.29 is 5.11 Å². The maximum atomic E-state index is 9.22. The lowest BCUT2D eigenvalue weighted by Crippen LogP contribution is -1.81. The lowest BCUT2D eigenvalue weighted by molar-refractivity contribution is 0.475. The van der Waals surface area contributed by atoms with Crippen LogP contribution in [-0.2, 0) is 0 Å². The Labute approximate surface area is 96.9 Å². The Morgan fingerprint density at radius 3 is 1.92 bits per heavy atom. The molecule has 0 heterocycles. The van der Waals surface area contributed by atoms with Gasteiger partial charge >= 0.3 is 0 Å². The highest BCUT2D eigenvalue weighted by Crippen LogP contribution is 2.38. The minimum atomic E-state index is -0.0808. The van der Waals surface area contributed by atoms with Gasteiger partial charge in [0.25, 0.3) is 0 Å². The van der Waals surface area contributed by atoms with Gasteiger partial charge in [-0.05, 0) is 17.7 Å². The summed E-state index contributed by atoms with van der Waals surface area (Å²) in [5.41, 5.74) is 0.864. The number of aromatic hydroxyl groups is 1. The molecule has 1 nitrogen and oxygen atoms in total. The number of alkyl halides is 2. The zero-order valence-electron chi connectivity index (χ0n) is 5.69. The quantitative estimate of drug-likeness (QED) is 0.750. The van der Waals surface area contributed by atoms with Crippen molar-refractivity contribution in [2.24, 2.45) is 0 Å². The van der Waals surface area contributed by atoms with Gasteiger partial charge in [-0.2, -0.15) is 0 Å². The lowest BCUT2D eigenvalue weighted by Gasteiger charge is -2.05. The SMILES string of the molecule is Oc1c(Cl)cc(C(Br)Br)cc1Cl. The van der Waals surface area contributed by atoms with Gasteiger partial charge in [0.15, 0.2) is 5.75 Å². The molecule has 0 spiro atoms. The molecule has 1 N–H and O–H groups in total. The lowest BCUT2D eigenvalue weighted by atomic mass is 10.2. The Bertz CT molecular complexity index is 278. The molecule has 1 aromatic rings. The zero-order chi connectivity index (χ0) is 9.30. The van der Waals surface area contributed by atoms with E-state index in [0.29, 0.717) is 0 Å². The van der Waals surface area contributed by atoms with Gasteiger partial charge in [-0.3, -0.25) is 0 Å². The number of rotatable bonds is 1. The van der Waals surface area contributed by atoms with E-state index in [1.54, 1.807) is 12.1 Å². The molecule has 0 aliphatic heterocycles. The molecule has 1 aromatic carbocycles. The van der Waals surface area contributed by atoms with Crippen molar-refractivity contribution in [3.63, 3.8) is 0 Å². The Hall–Kier alpha value is 0.560. The highest BCUT2D eigenvalue weighted by molar-refractivity contribution is 9.24. The standard InChI is InChI=1S/C7H4Br2Cl2O/c8-7(9)3-1-4(10)6(12)5(11)2-3/h1-2,7,12H. The first-order valence-electron chi connectivity index (χ1n) is 2.98. The van der Waals surface area contributed by atoms with Crippen molar-refractivity contribution in [2.45, 2.75) is 3.74 Å². The summed E-state index contributed by atoms with van der Waals surface area (Å²) in [6.45, 7) is 0. The van der Waals surface area contributed by atoms with Gasteiger partial charge in [-0.25, -0.2) is 0 Å². The highest BCUT2D eigenvalue weighted by atomic mass is 79.9. The summed E-state index contributed by atoms with van der Waals surface area (Å²) in [6.07, 6.45) is 0. The second-order valence-corrected chi connectivity index (χ2v) is 6.01. The number of benzene rings is 1. The second-order valence-electron chi connectivity index (χ2n) is 2.13. The number of phenols is 1. The fraction of sp³-hybridized carbons (Fsp3) is 0.143. The molecule has 66 valence electrons. The van der Waals surface area contributed by atoms with Crippen molar-refractivity contribution >= 4 is 55.1 Å². The monoisotopic (exact) mass is 332 g/mol. The minimum Gasteiger partial charge on any atom is -0.505 e. The van der Waals surface area contributed by atoms with Gasteiger partial charge in [0, 0.05) is 0 Å². The van der Waals surface area contributed by atoms with Crippen molar-refractivity contribution in [1.29, 1.82) is 0 Å². The van der Waals surface area contributed by atoms with E-state index in [9.17, 15) is 5.11 Å². The predicted octanol–water partition coefficient (Wildman–Crippen LogP) is 4.49. The summed E-state index contributed by atoms with van der Waals surface area (Å²) >= 11 is 18.0. The zero-order valence-corrected chi connectivity index (χ0v) is 10.4. The smallest absolute Gasteiger partial charge is 0.152 e. The van der Waals surface area contributed by atoms with Crippen molar-refractivity contribution in [1.82, 2.24) is 0 Å². The van der Waals surface area contributed by atoms with Crippen molar-refractivity contribution in [3.8, 4) is 5.75 Å². The fourth-order valence-electron chi connectivity index (χ4n) is 0.711. The fourth-order valence-corrected chi connectivity index (χ4v) is 1.74. The molecule has 0 unspecified atom stereocenters. The molecule has 0 radical (unpaired) electrons. The highest BCUT2D eigenvalue weighted by Gasteiger charge is 2.09. The summed E-state index contributed by atoms with van der Waals surface area (Å²) in [4.78, 5) is 0. The van der Waals surface area contributed by atoms with E-state index < -0.39 is 0 Å². The van der Waals surface area contributed by atoms with E-state index in [0.717, 1.165) is 5.56 Å². The Balaban J connectivity index is 3.21. The Morgan fingerprint density at radius 2 is 1.58 bits per heavy atom. The van der Waals surface area contributed by atoms with E-state index in [4.69, 9.17) is 23.2 Å². The number of halogens is 4. The van der Waals surface area contributed by atoms with Crippen LogP contribution in [0.3, 0.4) is 0 Å². The molecular formula is C7H4Br2Cl2O. The number of hydrogen-bond donors (Lipinski definition) is 1. The Morgan fingerprint density at radius 1 is 1.17 bits per heavy atom. The average Bonchev–Trinajstić information content (AvgIpc) is 1.99. The summed E-state index contributed by atoms with van der Waals surface area (Å²) in [5, 5.41) is 9.72. The van der Waals surface area contributed by atoms with Gasteiger partial charge in [0.2, 0.25) is 0 Å². The summed E-state index contributed by atoms with van der Waals surface area (Å²) in [6, 6.07) is 3.27. The molecular weight excluding hydrogens is 331 g/mol. The third-order valence-corrected chi connectivity index (χ3v) is 2.92. The molecule has 0 atom stereocenters. The van der Waals surface area contributed by atoms with Crippen molar-refractivity contribution in [3.05, 3.63) is 27.7 Å². The van der Waals surface area contributed by atoms with Crippen LogP contribution in [0.2, 0.25) is 10.0 Å². The number of phenolic OH excluding ortho intramolecular Hbond substituents is 1.